The topological polar surface area (TPSA) is 113 Å². The summed E-state index contributed by atoms with van der Waals surface area (Å²) in [6, 6.07) is 7.18. The molecule has 162 valence electrons. The number of aromatic nitrogens is 3. The molecule has 0 saturated carbocycles. The maximum atomic E-state index is 12.5. The number of likely N-dealkylation sites (N-methyl/N-ethyl adjacent to an activating group) is 1. The lowest BCUT2D eigenvalue weighted by Crippen LogP contribution is -2.47. The zero-order chi connectivity index (χ0) is 22.0. The Morgan fingerprint density at radius 2 is 1.97 bits per heavy atom. The smallest absolute Gasteiger partial charge is 0.341 e. The number of hydrogen-bond acceptors (Lipinski definition) is 7. The van der Waals surface area contributed by atoms with Gasteiger partial charge in [-0.25, -0.2) is 9.89 Å². The lowest BCUT2D eigenvalue weighted by molar-refractivity contribution is -0.117. The van der Waals surface area contributed by atoms with E-state index in [2.05, 4.69) is 32.4 Å². The number of nitrogens with one attached hydrogen (secondary N) is 2. The van der Waals surface area contributed by atoms with E-state index >= 15 is 0 Å². The van der Waals surface area contributed by atoms with Crippen molar-refractivity contribution in [2.24, 2.45) is 0 Å². The fraction of sp³-hybridized carbons (Fsp3) is 0.333. The number of piperazine rings is 1. The summed E-state index contributed by atoms with van der Waals surface area (Å²) in [5.41, 5.74) is 1.59. The van der Waals surface area contributed by atoms with Crippen molar-refractivity contribution in [2.45, 2.75) is 0 Å². The maximum Gasteiger partial charge on any atom is 0.341 e. The highest BCUT2D eigenvalue weighted by Crippen LogP contribution is 2.24. The normalized spacial score (nSPS) is 15.2. The number of ether oxygens (including phenoxy) is 1. The van der Waals surface area contributed by atoms with Gasteiger partial charge in [0.1, 0.15) is 11.3 Å². The van der Waals surface area contributed by atoms with Gasteiger partial charge in [0.15, 0.2) is 0 Å². The SMILES string of the molecule is COC(=O)c1cn(-c2cccc(NC(=O)CN3CCN(C)CC3)c2)cc2c(=O)[nH]nc1-2. The first kappa shape index (κ1) is 20.8. The molecule has 3 aliphatic heterocycles. The molecule has 0 spiro atoms. The average Bonchev–Trinajstić information content (AvgIpc) is 3.15. The number of pyridine rings is 1. The van der Waals surface area contributed by atoms with Crippen molar-refractivity contribution in [1.82, 2.24) is 24.6 Å². The zero-order valence-corrected chi connectivity index (χ0v) is 17.4. The largest absolute Gasteiger partial charge is 0.465 e. The van der Waals surface area contributed by atoms with Gasteiger partial charge in [0.05, 0.1) is 19.2 Å². The Labute approximate surface area is 178 Å². The summed E-state index contributed by atoms with van der Waals surface area (Å²) in [5.74, 6) is -0.684. The summed E-state index contributed by atoms with van der Waals surface area (Å²) in [6.07, 6.45) is 3.15. The third kappa shape index (κ3) is 4.49. The van der Waals surface area contributed by atoms with Crippen molar-refractivity contribution in [1.29, 1.82) is 0 Å². The number of aromatic amines is 1. The van der Waals surface area contributed by atoms with Crippen LogP contribution in [0.4, 0.5) is 5.69 Å². The predicted molar refractivity (Wildman–Crippen MR) is 115 cm³/mol. The van der Waals surface area contributed by atoms with Crippen LogP contribution in [0.25, 0.3) is 16.9 Å². The molecular formula is C21H24N6O4. The van der Waals surface area contributed by atoms with Crippen LogP contribution in [-0.2, 0) is 9.53 Å². The molecule has 31 heavy (non-hydrogen) atoms. The quantitative estimate of drug-likeness (QED) is 0.578. The number of anilines is 1. The van der Waals surface area contributed by atoms with E-state index in [4.69, 9.17) is 4.74 Å². The Hall–Kier alpha value is -3.50. The van der Waals surface area contributed by atoms with Gasteiger partial charge in [-0.1, -0.05) is 6.07 Å². The summed E-state index contributed by atoms with van der Waals surface area (Å²) < 4.78 is 6.47. The molecule has 10 heteroatoms. The molecule has 1 saturated heterocycles. The molecule has 0 atom stereocenters. The molecule has 0 aromatic heterocycles. The van der Waals surface area contributed by atoms with Gasteiger partial charge in [0, 0.05) is 49.9 Å². The van der Waals surface area contributed by atoms with Gasteiger partial charge in [0.25, 0.3) is 5.56 Å². The number of esters is 1. The van der Waals surface area contributed by atoms with E-state index in [-0.39, 0.29) is 22.7 Å². The number of carbonyl (C=O) groups excluding carboxylic acids is 2. The van der Waals surface area contributed by atoms with Crippen molar-refractivity contribution in [2.75, 3.05) is 52.2 Å². The molecule has 0 bridgehead atoms. The Balaban J connectivity index is 1.57. The van der Waals surface area contributed by atoms with Gasteiger partial charge in [0.2, 0.25) is 5.91 Å². The van der Waals surface area contributed by atoms with Crippen LogP contribution >= 0.6 is 0 Å². The van der Waals surface area contributed by atoms with E-state index < -0.39 is 11.5 Å². The van der Waals surface area contributed by atoms with Gasteiger partial charge >= 0.3 is 5.97 Å². The Kier molecular flexibility index (Phi) is 5.83. The number of methoxy groups -OCH3 is 1. The number of carbonyl (C=O) groups is 2. The third-order valence-corrected chi connectivity index (χ3v) is 5.36. The number of amides is 1. The molecular weight excluding hydrogens is 400 g/mol. The predicted octanol–water partition coefficient (Wildman–Crippen LogP) is 0.638. The van der Waals surface area contributed by atoms with E-state index in [1.165, 1.54) is 7.11 Å². The van der Waals surface area contributed by atoms with Gasteiger partial charge in [-0.2, -0.15) is 5.10 Å². The minimum absolute atomic E-state index is 0.0888. The first-order chi connectivity index (χ1) is 14.9. The first-order valence-electron chi connectivity index (χ1n) is 9.94. The van der Waals surface area contributed by atoms with Crippen molar-refractivity contribution < 1.29 is 14.3 Å². The van der Waals surface area contributed by atoms with Crippen molar-refractivity contribution in [3.63, 3.8) is 0 Å². The van der Waals surface area contributed by atoms with Crippen LogP contribution in [0.2, 0.25) is 0 Å². The second-order valence-electron chi connectivity index (χ2n) is 7.56. The van der Waals surface area contributed by atoms with E-state index in [1.54, 1.807) is 35.2 Å². The van der Waals surface area contributed by atoms with Crippen molar-refractivity contribution >= 4 is 17.6 Å². The molecule has 1 amide bonds. The number of benzene rings is 1. The van der Waals surface area contributed by atoms with Crippen molar-refractivity contribution in [3.05, 3.63) is 52.6 Å². The molecule has 10 nitrogen and oxygen atoms in total. The highest BCUT2D eigenvalue weighted by molar-refractivity contribution is 5.96. The number of fused-ring (bicyclic) bond motifs is 1. The summed E-state index contributed by atoms with van der Waals surface area (Å²) in [7, 11) is 3.34. The molecule has 0 radical (unpaired) electrons. The molecule has 3 aliphatic rings. The minimum atomic E-state index is -0.595. The van der Waals surface area contributed by atoms with Crippen LogP contribution in [0.15, 0.2) is 41.5 Å². The summed E-state index contributed by atoms with van der Waals surface area (Å²) in [5, 5.41) is 9.21. The Morgan fingerprint density at radius 1 is 1.19 bits per heavy atom. The first-order valence-corrected chi connectivity index (χ1v) is 9.94. The van der Waals surface area contributed by atoms with Crippen LogP contribution in [0.3, 0.4) is 0 Å². The molecule has 1 aromatic carbocycles. The number of rotatable bonds is 5. The van der Waals surface area contributed by atoms with E-state index in [9.17, 15) is 14.4 Å². The van der Waals surface area contributed by atoms with Crippen molar-refractivity contribution in [3.8, 4) is 16.9 Å². The summed E-state index contributed by atoms with van der Waals surface area (Å²) >= 11 is 0. The second-order valence-corrected chi connectivity index (χ2v) is 7.56. The molecule has 0 unspecified atom stereocenters. The van der Waals surface area contributed by atoms with E-state index in [0.717, 1.165) is 26.2 Å². The highest BCUT2D eigenvalue weighted by Gasteiger charge is 2.22. The van der Waals surface area contributed by atoms with E-state index in [1.807, 2.05) is 6.07 Å². The molecule has 1 fully saturated rings. The molecule has 3 heterocycles. The lowest BCUT2D eigenvalue weighted by Gasteiger charge is -2.31. The van der Waals surface area contributed by atoms with Gasteiger partial charge < -0.3 is 19.5 Å². The van der Waals surface area contributed by atoms with Gasteiger partial charge in [-0.05, 0) is 25.2 Å². The van der Waals surface area contributed by atoms with Crippen LogP contribution in [0.5, 0.6) is 0 Å². The zero-order valence-electron chi connectivity index (χ0n) is 17.4. The average molecular weight is 424 g/mol. The number of nitrogens with zero attached hydrogens (tertiary/aromatic N) is 4. The minimum Gasteiger partial charge on any atom is -0.465 e. The van der Waals surface area contributed by atoms with Crippen LogP contribution in [0, 0.1) is 0 Å². The van der Waals surface area contributed by atoms with Crippen LogP contribution < -0.4 is 10.9 Å². The molecule has 1 aromatic rings. The molecule has 2 N–H and O–H groups in total. The van der Waals surface area contributed by atoms with Crippen LogP contribution in [0.1, 0.15) is 10.4 Å². The van der Waals surface area contributed by atoms with E-state index in [0.29, 0.717) is 17.9 Å². The fourth-order valence-electron chi connectivity index (χ4n) is 3.60. The second kappa shape index (κ2) is 8.70. The standard InChI is InChI=1S/C21H24N6O4/c1-25-6-8-26(9-7-25)13-18(28)22-14-4-3-5-15(10-14)27-11-16-19(23-24-20(16)29)17(12-27)21(30)31-2/h3-5,10-12H,6-9,13H2,1-2H3,(H,22,28)(H,24,29). The highest BCUT2D eigenvalue weighted by atomic mass is 16.5. The Morgan fingerprint density at radius 3 is 2.71 bits per heavy atom. The maximum absolute atomic E-state index is 12.5. The number of H-pyrrole nitrogens is 1. The van der Waals surface area contributed by atoms with Gasteiger partial charge in [-0.3, -0.25) is 14.5 Å². The number of hydrogen-bond donors (Lipinski definition) is 2. The lowest BCUT2D eigenvalue weighted by atomic mass is 10.1. The molecule has 4 rings (SSSR count). The Bertz CT molecular complexity index is 1130. The van der Waals surface area contributed by atoms with Gasteiger partial charge in [-0.15, -0.1) is 0 Å². The third-order valence-electron chi connectivity index (χ3n) is 5.36. The molecule has 0 aliphatic carbocycles. The van der Waals surface area contributed by atoms with Crippen LogP contribution in [-0.4, -0.2) is 83.3 Å². The fourth-order valence-corrected chi connectivity index (χ4v) is 3.60. The summed E-state index contributed by atoms with van der Waals surface area (Å²) in [6.45, 7) is 3.94. The monoisotopic (exact) mass is 424 g/mol. The summed E-state index contributed by atoms with van der Waals surface area (Å²) in [4.78, 5) is 41.1.